The predicted molar refractivity (Wildman–Crippen MR) is 54.7 cm³/mol. The van der Waals surface area contributed by atoms with Gasteiger partial charge in [-0.3, -0.25) is 4.79 Å². The van der Waals surface area contributed by atoms with E-state index < -0.39 is 5.97 Å². The highest BCUT2D eigenvalue weighted by molar-refractivity contribution is 5.80. The molecule has 6 nitrogen and oxygen atoms in total. The van der Waals surface area contributed by atoms with Gasteiger partial charge in [-0.15, -0.1) is 0 Å². The third kappa shape index (κ3) is 3.39. The molecule has 1 aliphatic heterocycles. The second-order valence-electron chi connectivity index (χ2n) is 3.43. The Bertz CT molecular complexity index is 239. The first kappa shape index (κ1) is 11.8. The monoisotopic (exact) mass is 215 g/mol. The summed E-state index contributed by atoms with van der Waals surface area (Å²) in [5.41, 5.74) is 0. The zero-order chi connectivity index (χ0) is 11.3. The Balaban J connectivity index is 2.50. The molecule has 0 aromatic heterocycles. The van der Waals surface area contributed by atoms with Crippen molar-refractivity contribution in [3.05, 3.63) is 0 Å². The van der Waals surface area contributed by atoms with Gasteiger partial charge in [0.05, 0.1) is 0 Å². The quantitative estimate of drug-likeness (QED) is 0.660. The van der Waals surface area contributed by atoms with Crippen molar-refractivity contribution in [2.75, 3.05) is 39.3 Å². The van der Waals surface area contributed by atoms with Crippen LogP contribution in [0.1, 0.15) is 6.92 Å². The molecular weight excluding hydrogens is 198 g/mol. The van der Waals surface area contributed by atoms with E-state index in [4.69, 9.17) is 5.11 Å². The average Bonchev–Trinajstić information content (AvgIpc) is 2.26. The zero-order valence-corrected chi connectivity index (χ0v) is 8.90. The molecule has 0 atom stereocenters. The molecule has 2 N–H and O–H groups in total. The van der Waals surface area contributed by atoms with Crippen molar-refractivity contribution in [2.24, 2.45) is 0 Å². The lowest BCUT2D eigenvalue weighted by Crippen LogP contribution is -2.52. The number of carbonyl (C=O) groups is 2. The molecule has 0 aromatic carbocycles. The fourth-order valence-electron chi connectivity index (χ4n) is 1.53. The number of hydrogen-bond acceptors (Lipinski definition) is 3. The molecule has 0 aliphatic carbocycles. The van der Waals surface area contributed by atoms with E-state index in [1.54, 1.807) is 11.8 Å². The van der Waals surface area contributed by atoms with Gasteiger partial charge in [0.2, 0.25) is 0 Å². The third-order valence-electron chi connectivity index (χ3n) is 2.37. The van der Waals surface area contributed by atoms with Gasteiger partial charge in [0.25, 0.3) is 0 Å². The van der Waals surface area contributed by atoms with E-state index in [-0.39, 0.29) is 12.6 Å². The Kier molecular flexibility index (Phi) is 4.36. The van der Waals surface area contributed by atoms with Crippen LogP contribution >= 0.6 is 0 Å². The first-order chi connectivity index (χ1) is 7.15. The van der Waals surface area contributed by atoms with Crippen molar-refractivity contribution < 1.29 is 14.7 Å². The number of urea groups is 1. The lowest BCUT2D eigenvalue weighted by molar-refractivity contribution is -0.137. The average molecular weight is 215 g/mol. The van der Waals surface area contributed by atoms with E-state index in [0.29, 0.717) is 19.6 Å². The van der Waals surface area contributed by atoms with E-state index >= 15 is 0 Å². The number of rotatable bonds is 3. The van der Waals surface area contributed by atoms with Crippen LogP contribution in [0.25, 0.3) is 0 Å². The molecule has 1 rings (SSSR count). The van der Waals surface area contributed by atoms with Gasteiger partial charge in [-0.05, 0) is 6.92 Å². The highest BCUT2D eigenvalue weighted by atomic mass is 16.4. The summed E-state index contributed by atoms with van der Waals surface area (Å²) in [7, 11) is 0. The molecule has 0 saturated carbocycles. The number of aliphatic carboxylic acids is 1. The molecule has 1 heterocycles. The molecular formula is C9H17N3O3. The number of carboxylic acids is 1. The standard InChI is InChI=1S/C9H17N3O3/c1-2-11(7-8(13)14)9(15)12-5-3-10-4-6-12/h10H,2-7H2,1H3,(H,13,14). The smallest absolute Gasteiger partial charge is 0.323 e. The topological polar surface area (TPSA) is 72.9 Å². The fraction of sp³-hybridized carbons (Fsp3) is 0.778. The number of hydrogen-bond donors (Lipinski definition) is 2. The Labute approximate surface area is 88.8 Å². The lowest BCUT2D eigenvalue weighted by atomic mass is 10.4. The summed E-state index contributed by atoms with van der Waals surface area (Å²) in [4.78, 5) is 25.4. The summed E-state index contributed by atoms with van der Waals surface area (Å²) in [5, 5.41) is 11.8. The van der Waals surface area contributed by atoms with Gasteiger partial charge in [0.15, 0.2) is 0 Å². The first-order valence-electron chi connectivity index (χ1n) is 5.11. The minimum absolute atomic E-state index is 0.179. The van der Waals surface area contributed by atoms with Crippen molar-refractivity contribution in [1.29, 1.82) is 0 Å². The summed E-state index contributed by atoms with van der Waals surface area (Å²) in [6.07, 6.45) is 0. The SMILES string of the molecule is CCN(CC(=O)O)C(=O)N1CCNCC1. The number of carboxylic acid groups (broad SMARTS) is 1. The normalized spacial score (nSPS) is 16.2. The van der Waals surface area contributed by atoms with Crippen molar-refractivity contribution in [3.8, 4) is 0 Å². The highest BCUT2D eigenvalue weighted by Gasteiger charge is 2.22. The molecule has 15 heavy (non-hydrogen) atoms. The van der Waals surface area contributed by atoms with E-state index in [0.717, 1.165) is 13.1 Å². The summed E-state index contributed by atoms with van der Waals surface area (Å²) >= 11 is 0. The minimum Gasteiger partial charge on any atom is -0.480 e. The second-order valence-corrected chi connectivity index (χ2v) is 3.43. The van der Waals surface area contributed by atoms with Crippen LogP contribution in [-0.4, -0.2) is 66.2 Å². The van der Waals surface area contributed by atoms with Gasteiger partial charge >= 0.3 is 12.0 Å². The maximum absolute atomic E-state index is 11.8. The predicted octanol–water partition coefficient (Wildman–Crippen LogP) is -0.582. The van der Waals surface area contributed by atoms with E-state index in [1.807, 2.05) is 0 Å². The molecule has 0 radical (unpaired) electrons. The molecule has 0 unspecified atom stereocenters. The molecule has 0 spiro atoms. The molecule has 2 amide bonds. The molecule has 1 aliphatic rings. The Morgan fingerprint density at radius 3 is 2.47 bits per heavy atom. The van der Waals surface area contributed by atoms with Crippen LogP contribution in [0.3, 0.4) is 0 Å². The number of amides is 2. The number of likely N-dealkylation sites (N-methyl/N-ethyl adjacent to an activating group) is 1. The Morgan fingerprint density at radius 1 is 1.40 bits per heavy atom. The summed E-state index contributed by atoms with van der Waals surface area (Å²) in [6.45, 7) is 4.83. The molecule has 0 bridgehead atoms. The van der Waals surface area contributed by atoms with Gasteiger partial charge < -0.3 is 20.2 Å². The Morgan fingerprint density at radius 2 is 2.00 bits per heavy atom. The van der Waals surface area contributed by atoms with Crippen LogP contribution in [0, 0.1) is 0 Å². The molecule has 1 saturated heterocycles. The fourth-order valence-corrected chi connectivity index (χ4v) is 1.53. The van der Waals surface area contributed by atoms with E-state index in [1.165, 1.54) is 4.90 Å². The van der Waals surface area contributed by atoms with Gasteiger partial charge in [0.1, 0.15) is 6.54 Å². The summed E-state index contributed by atoms with van der Waals surface area (Å²) in [5.74, 6) is -0.972. The maximum atomic E-state index is 11.8. The van der Waals surface area contributed by atoms with Crippen LogP contribution in [0.15, 0.2) is 0 Å². The van der Waals surface area contributed by atoms with Crippen LogP contribution in [0.5, 0.6) is 0 Å². The third-order valence-corrected chi connectivity index (χ3v) is 2.37. The van der Waals surface area contributed by atoms with Crippen molar-refractivity contribution >= 4 is 12.0 Å². The van der Waals surface area contributed by atoms with Crippen LogP contribution < -0.4 is 5.32 Å². The minimum atomic E-state index is -0.972. The van der Waals surface area contributed by atoms with Crippen molar-refractivity contribution in [1.82, 2.24) is 15.1 Å². The largest absolute Gasteiger partial charge is 0.480 e. The number of nitrogens with one attached hydrogen (secondary N) is 1. The molecule has 6 heteroatoms. The number of nitrogens with zero attached hydrogens (tertiary/aromatic N) is 2. The first-order valence-corrected chi connectivity index (χ1v) is 5.11. The van der Waals surface area contributed by atoms with Gasteiger partial charge in [-0.25, -0.2) is 4.79 Å². The molecule has 0 aromatic rings. The number of carbonyl (C=O) groups excluding carboxylic acids is 1. The van der Waals surface area contributed by atoms with E-state index in [9.17, 15) is 9.59 Å². The van der Waals surface area contributed by atoms with Crippen molar-refractivity contribution in [3.63, 3.8) is 0 Å². The molecule has 1 fully saturated rings. The zero-order valence-electron chi connectivity index (χ0n) is 8.90. The van der Waals surface area contributed by atoms with Gasteiger partial charge in [-0.1, -0.05) is 0 Å². The van der Waals surface area contributed by atoms with Crippen LogP contribution in [0.4, 0.5) is 4.79 Å². The highest BCUT2D eigenvalue weighted by Crippen LogP contribution is 2.00. The van der Waals surface area contributed by atoms with Crippen LogP contribution in [0.2, 0.25) is 0 Å². The maximum Gasteiger partial charge on any atom is 0.323 e. The molecule has 86 valence electrons. The van der Waals surface area contributed by atoms with Gasteiger partial charge in [0, 0.05) is 32.7 Å². The summed E-state index contributed by atoms with van der Waals surface area (Å²) in [6, 6.07) is -0.179. The van der Waals surface area contributed by atoms with E-state index in [2.05, 4.69) is 5.32 Å². The van der Waals surface area contributed by atoms with Crippen molar-refractivity contribution in [2.45, 2.75) is 6.92 Å². The Hall–Kier alpha value is -1.30. The number of piperazine rings is 1. The van der Waals surface area contributed by atoms with Gasteiger partial charge in [-0.2, -0.15) is 0 Å². The second kappa shape index (κ2) is 5.55. The lowest BCUT2D eigenvalue weighted by Gasteiger charge is -2.32. The summed E-state index contributed by atoms with van der Waals surface area (Å²) < 4.78 is 0. The van der Waals surface area contributed by atoms with Crippen LogP contribution in [-0.2, 0) is 4.79 Å².